The molecule has 7 heteroatoms. The fourth-order valence-electron chi connectivity index (χ4n) is 3.46. The van der Waals surface area contributed by atoms with Crippen LogP contribution in [-0.2, 0) is 9.59 Å². The lowest BCUT2D eigenvalue weighted by Crippen LogP contribution is -2.25. The quantitative estimate of drug-likeness (QED) is 0.562. The van der Waals surface area contributed by atoms with Crippen molar-refractivity contribution in [2.24, 2.45) is 0 Å². The largest absolute Gasteiger partial charge is 0.495 e. The minimum Gasteiger partial charge on any atom is -0.495 e. The Kier molecular flexibility index (Phi) is 6.55. The second-order valence-corrected chi connectivity index (χ2v) is 7.26. The number of nitrogens with zero attached hydrogens (tertiary/aromatic N) is 1. The molecule has 7 nitrogen and oxygen atoms in total. The molecule has 1 aliphatic heterocycles. The smallest absolute Gasteiger partial charge is 0.262 e. The molecular weight excluding hydrogens is 408 g/mol. The number of methoxy groups -OCH3 is 1. The maximum atomic E-state index is 12.4. The number of nitrogens with one attached hydrogen (secondary N) is 1. The predicted octanol–water partition coefficient (Wildman–Crippen LogP) is 4.63. The fraction of sp³-hybridized carbons (Fsp3) is 0.200. The van der Waals surface area contributed by atoms with Crippen LogP contribution in [0.4, 0.5) is 11.4 Å². The van der Waals surface area contributed by atoms with Crippen LogP contribution >= 0.6 is 0 Å². The van der Waals surface area contributed by atoms with Crippen LogP contribution in [0.25, 0.3) is 0 Å². The Hall–Kier alpha value is -4.00. The van der Waals surface area contributed by atoms with Gasteiger partial charge < -0.3 is 24.4 Å². The molecule has 164 valence electrons. The zero-order valence-electron chi connectivity index (χ0n) is 17.7. The van der Waals surface area contributed by atoms with Crippen LogP contribution in [0.5, 0.6) is 23.0 Å². The standard InChI is InChI=1S/C25H24N2O5/c1-30-23-14-9-18(16-22(23)27-15-5-8-25(27)29)26-24(28)17-31-19-10-12-21(13-11-19)32-20-6-3-2-4-7-20/h2-4,6-7,9-14,16H,5,8,15,17H2,1H3,(H,26,28). The Balaban J connectivity index is 1.33. The molecule has 0 radical (unpaired) electrons. The molecular formula is C25H24N2O5. The van der Waals surface area contributed by atoms with E-state index in [1.165, 1.54) is 0 Å². The van der Waals surface area contributed by atoms with Crippen LogP contribution in [0.2, 0.25) is 0 Å². The van der Waals surface area contributed by atoms with Crippen molar-refractivity contribution in [2.75, 3.05) is 30.5 Å². The topological polar surface area (TPSA) is 77.1 Å². The number of anilines is 2. The molecule has 1 heterocycles. The molecule has 0 bridgehead atoms. The molecule has 32 heavy (non-hydrogen) atoms. The zero-order valence-corrected chi connectivity index (χ0v) is 17.7. The highest BCUT2D eigenvalue weighted by molar-refractivity contribution is 5.98. The van der Waals surface area contributed by atoms with E-state index in [0.29, 0.717) is 41.6 Å². The number of carbonyl (C=O) groups is 2. The van der Waals surface area contributed by atoms with Gasteiger partial charge in [-0.2, -0.15) is 0 Å². The molecule has 0 unspecified atom stereocenters. The predicted molar refractivity (Wildman–Crippen MR) is 122 cm³/mol. The molecule has 1 fully saturated rings. The monoisotopic (exact) mass is 432 g/mol. The van der Waals surface area contributed by atoms with Crippen LogP contribution in [0.15, 0.2) is 72.8 Å². The van der Waals surface area contributed by atoms with Gasteiger partial charge in [0.25, 0.3) is 5.91 Å². The average molecular weight is 432 g/mol. The molecule has 1 aliphatic rings. The lowest BCUT2D eigenvalue weighted by atomic mass is 10.2. The van der Waals surface area contributed by atoms with Crippen molar-refractivity contribution in [2.45, 2.75) is 12.8 Å². The average Bonchev–Trinajstić information content (AvgIpc) is 3.25. The number of carbonyl (C=O) groups excluding carboxylic acids is 2. The van der Waals surface area contributed by atoms with Crippen LogP contribution < -0.4 is 24.4 Å². The van der Waals surface area contributed by atoms with E-state index in [9.17, 15) is 9.59 Å². The van der Waals surface area contributed by atoms with Gasteiger partial charge in [-0.05, 0) is 61.0 Å². The molecule has 0 atom stereocenters. The summed E-state index contributed by atoms with van der Waals surface area (Å²) in [6, 6.07) is 21.7. The van der Waals surface area contributed by atoms with Gasteiger partial charge in [0.15, 0.2) is 6.61 Å². The molecule has 2 amide bonds. The summed E-state index contributed by atoms with van der Waals surface area (Å²) in [6.45, 7) is 0.489. The molecule has 3 aromatic carbocycles. The van der Waals surface area contributed by atoms with Crippen LogP contribution in [-0.4, -0.2) is 32.1 Å². The molecule has 0 spiro atoms. The first-order chi connectivity index (χ1) is 15.6. The van der Waals surface area contributed by atoms with Gasteiger partial charge in [0, 0.05) is 18.7 Å². The van der Waals surface area contributed by atoms with Crippen LogP contribution in [0, 0.1) is 0 Å². The second kappa shape index (κ2) is 9.87. The second-order valence-electron chi connectivity index (χ2n) is 7.26. The number of amides is 2. The van der Waals surface area contributed by atoms with Gasteiger partial charge in [0.1, 0.15) is 23.0 Å². The van der Waals surface area contributed by atoms with Gasteiger partial charge in [0.05, 0.1) is 12.8 Å². The van der Waals surface area contributed by atoms with E-state index in [1.807, 2.05) is 30.3 Å². The first-order valence-electron chi connectivity index (χ1n) is 10.4. The zero-order chi connectivity index (χ0) is 22.3. The molecule has 0 saturated carbocycles. The summed E-state index contributed by atoms with van der Waals surface area (Å²) in [6.07, 6.45) is 1.32. The highest BCUT2D eigenvalue weighted by Gasteiger charge is 2.24. The molecule has 0 aromatic heterocycles. The summed E-state index contributed by atoms with van der Waals surface area (Å²) >= 11 is 0. The minimum atomic E-state index is -0.307. The van der Waals surface area contributed by atoms with Crippen molar-refractivity contribution in [1.82, 2.24) is 0 Å². The van der Waals surface area contributed by atoms with Gasteiger partial charge in [-0.15, -0.1) is 0 Å². The summed E-state index contributed by atoms with van der Waals surface area (Å²) in [5, 5.41) is 2.80. The van der Waals surface area contributed by atoms with Crippen molar-refractivity contribution in [3.8, 4) is 23.0 Å². The third kappa shape index (κ3) is 5.18. The fourth-order valence-corrected chi connectivity index (χ4v) is 3.46. The van der Waals surface area contributed by atoms with E-state index in [0.717, 1.165) is 12.2 Å². The highest BCUT2D eigenvalue weighted by Crippen LogP contribution is 2.34. The molecule has 4 rings (SSSR count). The number of para-hydroxylation sites is 1. The van der Waals surface area contributed by atoms with Crippen molar-refractivity contribution in [3.05, 3.63) is 72.8 Å². The third-order valence-electron chi connectivity index (χ3n) is 5.00. The van der Waals surface area contributed by atoms with Gasteiger partial charge in [-0.1, -0.05) is 18.2 Å². The summed E-state index contributed by atoms with van der Waals surface area (Å²) in [4.78, 5) is 26.2. The van der Waals surface area contributed by atoms with E-state index >= 15 is 0 Å². The van der Waals surface area contributed by atoms with Crippen LogP contribution in [0.3, 0.4) is 0 Å². The SMILES string of the molecule is COc1ccc(NC(=O)COc2ccc(Oc3ccccc3)cc2)cc1N1CCCC1=O. The van der Waals surface area contributed by atoms with Gasteiger partial charge in [-0.25, -0.2) is 0 Å². The highest BCUT2D eigenvalue weighted by atomic mass is 16.5. The van der Waals surface area contributed by atoms with Crippen LogP contribution in [0.1, 0.15) is 12.8 Å². The summed E-state index contributed by atoms with van der Waals surface area (Å²) in [5.74, 6) is 2.31. The Morgan fingerprint density at radius 2 is 1.69 bits per heavy atom. The molecule has 1 N–H and O–H groups in total. The molecule has 0 aliphatic carbocycles. The van der Waals surface area contributed by atoms with E-state index in [1.54, 1.807) is 54.5 Å². The van der Waals surface area contributed by atoms with E-state index in [4.69, 9.17) is 14.2 Å². The van der Waals surface area contributed by atoms with Gasteiger partial charge in [0.2, 0.25) is 5.91 Å². The molecule has 3 aromatic rings. The Morgan fingerprint density at radius 3 is 2.38 bits per heavy atom. The maximum Gasteiger partial charge on any atom is 0.262 e. The van der Waals surface area contributed by atoms with Crippen molar-refractivity contribution in [1.29, 1.82) is 0 Å². The maximum absolute atomic E-state index is 12.4. The summed E-state index contributed by atoms with van der Waals surface area (Å²) in [7, 11) is 1.56. The summed E-state index contributed by atoms with van der Waals surface area (Å²) in [5.41, 5.74) is 1.23. The summed E-state index contributed by atoms with van der Waals surface area (Å²) < 4.78 is 16.7. The van der Waals surface area contributed by atoms with E-state index in [2.05, 4.69) is 5.32 Å². The van der Waals surface area contributed by atoms with E-state index in [-0.39, 0.29) is 18.4 Å². The minimum absolute atomic E-state index is 0.0507. The first-order valence-corrected chi connectivity index (χ1v) is 10.4. The van der Waals surface area contributed by atoms with Crippen molar-refractivity contribution >= 4 is 23.2 Å². The van der Waals surface area contributed by atoms with E-state index < -0.39 is 0 Å². The number of hydrogen-bond donors (Lipinski definition) is 1. The van der Waals surface area contributed by atoms with Crippen molar-refractivity contribution < 1.29 is 23.8 Å². The number of hydrogen-bond acceptors (Lipinski definition) is 5. The Labute approximate surface area is 186 Å². The first kappa shape index (κ1) is 21.2. The normalized spacial score (nSPS) is 13.0. The third-order valence-corrected chi connectivity index (χ3v) is 5.00. The van der Waals surface area contributed by atoms with Gasteiger partial charge in [-0.3, -0.25) is 9.59 Å². The van der Waals surface area contributed by atoms with Crippen molar-refractivity contribution in [3.63, 3.8) is 0 Å². The molecule has 1 saturated heterocycles. The number of benzene rings is 3. The Bertz CT molecular complexity index is 1080. The Morgan fingerprint density at radius 1 is 0.969 bits per heavy atom. The number of ether oxygens (including phenoxy) is 3. The van der Waals surface area contributed by atoms with Gasteiger partial charge >= 0.3 is 0 Å². The lowest BCUT2D eigenvalue weighted by Gasteiger charge is -2.20. The number of rotatable bonds is 8. The lowest BCUT2D eigenvalue weighted by molar-refractivity contribution is -0.118.